The molecule has 1 atom stereocenters. The third kappa shape index (κ3) is 5.08. The van der Waals surface area contributed by atoms with E-state index >= 15 is 0 Å². The zero-order chi connectivity index (χ0) is 15.8. The zero-order valence-corrected chi connectivity index (χ0v) is 13.6. The van der Waals surface area contributed by atoms with Crippen molar-refractivity contribution in [1.82, 2.24) is 5.32 Å². The van der Waals surface area contributed by atoms with Gasteiger partial charge < -0.3 is 14.8 Å². The SMILES string of the molecule is CCC(CNCc1ccc(OC)cc1)Oc1ccc(C)cc1. The van der Waals surface area contributed by atoms with Crippen LogP contribution in [-0.4, -0.2) is 19.8 Å². The van der Waals surface area contributed by atoms with Crippen molar-refractivity contribution in [2.24, 2.45) is 0 Å². The van der Waals surface area contributed by atoms with Crippen molar-refractivity contribution in [2.45, 2.75) is 32.9 Å². The Labute approximate surface area is 133 Å². The number of ether oxygens (including phenoxy) is 2. The second kappa shape index (κ2) is 8.44. The van der Waals surface area contributed by atoms with Crippen molar-refractivity contribution in [2.75, 3.05) is 13.7 Å². The standard InChI is InChI=1S/C19H25NO2/c1-4-17(22-19-9-5-15(2)6-10-19)14-20-13-16-7-11-18(21-3)12-8-16/h5-12,17,20H,4,13-14H2,1-3H3. The molecule has 2 rings (SSSR count). The second-order valence-corrected chi connectivity index (χ2v) is 5.44. The smallest absolute Gasteiger partial charge is 0.119 e. The molecule has 0 amide bonds. The Morgan fingerprint density at radius 1 is 0.955 bits per heavy atom. The molecule has 0 aliphatic heterocycles. The summed E-state index contributed by atoms with van der Waals surface area (Å²) in [7, 11) is 1.68. The molecule has 0 spiro atoms. The average Bonchev–Trinajstić information content (AvgIpc) is 2.56. The minimum atomic E-state index is 0.181. The van der Waals surface area contributed by atoms with Crippen LogP contribution in [0.2, 0.25) is 0 Å². The lowest BCUT2D eigenvalue weighted by atomic mass is 10.2. The van der Waals surface area contributed by atoms with Gasteiger partial charge in [0.05, 0.1) is 7.11 Å². The maximum atomic E-state index is 6.01. The first-order valence-corrected chi connectivity index (χ1v) is 7.78. The van der Waals surface area contributed by atoms with Crippen LogP contribution in [0.15, 0.2) is 48.5 Å². The normalized spacial score (nSPS) is 12.0. The van der Waals surface area contributed by atoms with E-state index in [-0.39, 0.29) is 6.10 Å². The van der Waals surface area contributed by atoms with Crippen molar-refractivity contribution >= 4 is 0 Å². The van der Waals surface area contributed by atoms with Crippen molar-refractivity contribution in [3.05, 3.63) is 59.7 Å². The lowest BCUT2D eigenvalue weighted by Crippen LogP contribution is -2.30. The maximum Gasteiger partial charge on any atom is 0.119 e. The van der Waals surface area contributed by atoms with Crippen LogP contribution in [0.4, 0.5) is 0 Å². The molecule has 1 unspecified atom stereocenters. The minimum Gasteiger partial charge on any atom is -0.497 e. The summed E-state index contributed by atoms with van der Waals surface area (Å²) in [6, 6.07) is 16.3. The van der Waals surface area contributed by atoms with Gasteiger partial charge in [0, 0.05) is 13.1 Å². The van der Waals surface area contributed by atoms with E-state index in [2.05, 4.69) is 43.4 Å². The van der Waals surface area contributed by atoms with E-state index in [1.54, 1.807) is 7.11 Å². The Kier molecular flexibility index (Phi) is 6.28. The first kappa shape index (κ1) is 16.4. The summed E-state index contributed by atoms with van der Waals surface area (Å²) >= 11 is 0. The van der Waals surface area contributed by atoms with Crippen LogP contribution >= 0.6 is 0 Å². The zero-order valence-electron chi connectivity index (χ0n) is 13.6. The molecule has 0 saturated carbocycles. The van der Waals surface area contributed by atoms with Crippen LogP contribution in [-0.2, 0) is 6.54 Å². The van der Waals surface area contributed by atoms with Crippen LogP contribution in [0.3, 0.4) is 0 Å². The molecule has 3 heteroatoms. The number of rotatable bonds is 8. The maximum absolute atomic E-state index is 6.01. The number of hydrogen-bond donors (Lipinski definition) is 1. The molecular weight excluding hydrogens is 274 g/mol. The number of benzene rings is 2. The van der Waals surface area contributed by atoms with Crippen molar-refractivity contribution in [1.29, 1.82) is 0 Å². The Bertz CT molecular complexity index is 549. The number of methoxy groups -OCH3 is 1. The highest BCUT2D eigenvalue weighted by molar-refractivity contribution is 5.27. The minimum absolute atomic E-state index is 0.181. The van der Waals surface area contributed by atoms with Gasteiger partial charge in [-0.15, -0.1) is 0 Å². The summed E-state index contributed by atoms with van der Waals surface area (Å²) in [5.41, 5.74) is 2.49. The third-order valence-corrected chi connectivity index (χ3v) is 3.64. The lowest BCUT2D eigenvalue weighted by molar-refractivity contribution is 0.193. The summed E-state index contributed by atoms with van der Waals surface area (Å²) in [5, 5.41) is 3.46. The van der Waals surface area contributed by atoms with Crippen molar-refractivity contribution in [3.63, 3.8) is 0 Å². The summed E-state index contributed by atoms with van der Waals surface area (Å²) in [6.45, 7) is 5.89. The van der Waals surface area contributed by atoms with Crippen LogP contribution in [0.1, 0.15) is 24.5 Å². The van der Waals surface area contributed by atoms with E-state index in [4.69, 9.17) is 9.47 Å². The predicted molar refractivity (Wildman–Crippen MR) is 90.6 cm³/mol. The fourth-order valence-corrected chi connectivity index (χ4v) is 2.20. The van der Waals surface area contributed by atoms with E-state index in [9.17, 15) is 0 Å². The van der Waals surface area contributed by atoms with Gasteiger partial charge in [-0.3, -0.25) is 0 Å². The van der Waals surface area contributed by atoms with E-state index in [1.165, 1.54) is 11.1 Å². The summed E-state index contributed by atoms with van der Waals surface area (Å²) in [5.74, 6) is 1.82. The molecule has 2 aromatic carbocycles. The summed E-state index contributed by atoms with van der Waals surface area (Å²) in [4.78, 5) is 0. The van der Waals surface area contributed by atoms with Gasteiger partial charge >= 0.3 is 0 Å². The van der Waals surface area contributed by atoms with Gasteiger partial charge in [0.15, 0.2) is 0 Å². The van der Waals surface area contributed by atoms with Crippen molar-refractivity contribution in [3.8, 4) is 11.5 Å². The molecule has 0 radical (unpaired) electrons. The summed E-state index contributed by atoms with van der Waals surface area (Å²) in [6.07, 6.45) is 1.16. The molecule has 0 fully saturated rings. The number of aryl methyl sites for hydroxylation is 1. The quantitative estimate of drug-likeness (QED) is 0.800. The van der Waals surface area contributed by atoms with E-state index in [1.807, 2.05) is 24.3 Å². The van der Waals surface area contributed by atoms with Gasteiger partial charge in [-0.1, -0.05) is 36.8 Å². The highest BCUT2D eigenvalue weighted by Gasteiger charge is 2.07. The van der Waals surface area contributed by atoms with Crippen molar-refractivity contribution < 1.29 is 9.47 Å². The largest absolute Gasteiger partial charge is 0.497 e. The molecule has 0 aromatic heterocycles. The fraction of sp³-hybridized carbons (Fsp3) is 0.368. The van der Waals surface area contributed by atoms with E-state index in [0.29, 0.717) is 0 Å². The topological polar surface area (TPSA) is 30.5 Å². The lowest BCUT2D eigenvalue weighted by Gasteiger charge is -2.18. The third-order valence-electron chi connectivity index (χ3n) is 3.64. The van der Waals surface area contributed by atoms with Gasteiger partial charge in [0.2, 0.25) is 0 Å². The molecule has 0 saturated heterocycles. The number of nitrogens with one attached hydrogen (secondary N) is 1. The molecule has 0 aliphatic rings. The monoisotopic (exact) mass is 299 g/mol. The molecule has 0 aliphatic carbocycles. The summed E-state index contributed by atoms with van der Waals surface area (Å²) < 4.78 is 11.2. The molecule has 118 valence electrons. The van der Waals surface area contributed by atoms with E-state index < -0.39 is 0 Å². The van der Waals surface area contributed by atoms with Crippen LogP contribution in [0.25, 0.3) is 0 Å². The highest BCUT2D eigenvalue weighted by atomic mass is 16.5. The van der Waals surface area contributed by atoms with Crippen LogP contribution in [0.5, 0.6) is 11.5 Å². The second-order valence-electron chi connectivity index (χ2n) is 5.44. The first-order valence-electron chi connectivity index (χ1n) is 7.78. The van der Waals surface area contributed by atoms with Gasteiger partial charge in [-0.05, 0) is 43.2 Å². The molecule has 2 aromatic rings. The first-order chi connectivity index (χ1) is 10.7. The molecule has 0 bridgehead atoms. The van der Waals surface area contributed by atoms with Gasteiger partial charge in [-0.2, -0.15) is 0 Å². The Morgan fingerprint density at radius 2 is 1.59 bits per heavy atom. The highest BCUT2D eigenvalue weighted by Crippen LogP contribution is 2.15. The Hall–Kier alpha value is -2.00. The predicted octanol–water partition coefficient (Wildman–Crippen LogP) is 3.95. The van der Waals surface area contributed by atoms with Gasteiger partial charge in [0.25, 0.3) is 0 Å². The van der Waals surface area contributed by atoms with Crippen LogP contribution < -0.4 is 14.8 Å². The Balaban J connectivity index is 1.79. The Morgan fingerprint density at radius 3 is 2.18 bits per heavy atom. The molecule has 22 heavy (non-hydrogen) atoms. The fourth-order valence-electron chi connectivity index (χ4n) is 2.20. The average molecular weight is 299 g/mol. The van der Waals surface area contributed by atoms with Crippen LogP contribution in [0, 0.1) is 6.92 Å². The van der Waals surface area contributed by atoms with Gasteiger partial charge in [-0.25, -0.2) is 0 Å². The molecule has 3 nitrogen and oxygen atoms in total. The molecular formula is C19H25NO2. The molecule has 0 heterocycles. The number of hydrogen-bond acceptors (Lipinski definition) is 3. The van der Waals surface area contributed by atoms with E-state index in [0.717, 1.165) is 31.0 Å². The molecule has 1 N–H and O–H groups in total. The van der Waals surface area contributed by atoms with Gasteiger partial charge in [0.1, 0.15) is 17.6 Å².